The van der Waals surface area contributed by atoms with E-state index < -0.39 is 5.92 Å². The Morgan fingerprint density at radius 2 is 2.07 bits per heavy atom. The third-order valence-electron chi connectivity index (χ3n) is 4.10. The highest BCUT2D eigenvalue weighted by Crippen LogP contribution is 2.38. The molecule has 1 aliphatic heterocycles. The van der Waals surface area contributed by atoms with Crippen molar-refractivity contribution in [3.05, 3.63) is 63.1 Å². The number of hydrazone groups is 1. The van der Waals surface area contributed by atoms with Gasteiger partial charge in [0.05, 0.1) is 24.2 Å². The second-order valence-electron chi connectivity index (χ2n) is 5.84. The fourth-order valence-corrected chi connectivity index (χ4v) is 3.93. The first-order chi connectivity index (χ1) is 13.0. The smallest absolute Gasteiger partial charge is 0.331 e. The Morgan fingerprint density at radius 3 is 2.70 bits per heavy atom. The van der Waals surface area contributed by atoms with Crippen LogP contribution in [0.25, 0.3) is 0 Å². The van der Waals surface area contributed by atoms with Crippen LogP contribution in [0.1, 0.15) is 22.6 Å². The average Bonchev–Trinajstić information content (AvgIpc) is 2.66. The minimum absolute atomic E-state index is 0.314. The van der Waals surface area contributed by atoms with E-state index in [2.05, 4.69) is 16.5 Å². The van der Waals surface area contributed by atoms with Gasteiger partial charge in [-0.3, -0.25) is 0 Å². The van der Waals surface area contributed by atoms with Crippen LogP contribution in [0.2, 0.25) is 10.0 Å². The lowest BCUT2D eigenvalue weighted by Crippen LogP contribution is -2.41. The molecular formula is C19H16Cl2N4OS. The molecule has 0 bridgehead atoms. The monoisotopic (exact) mass is 418 g/mol. The van der Waals surface area contributed by atoms with Gasteiger partial charge in [0.2, 0.25) is 0 Å². The molecule has 0 spiro atoms. The summed E-state index contributed by atoms with van der Waals surface area (Å²) in [7, 11) is 0. The largest absolute Gasteiger partial charge is 0.342 e. The maximum Gasteiger partial charge on any atom is 0.342 e. The van der Waals surface area contributed by atoms with Crippen molar-refractivity contribution in [3.63, 3.8) is 0 Å². The standard InChI is InChI=1S/C19H16Cl2N4OS/c1-27-11-13-8-15(25-19(26)23-6-7-24-25)9-17(21)18(13)16(10-22)12-2-4-14(20)5-3-12/h2-5,7-9,16H,6,11H2,1H3,(H,23,26). The summed E-state index contributed by atoms with van der Waals surface area (Å²) in [6.45, 7) is 0.395. The van der Waals surface area contributed by atoms with Gasteiger partial charge < -0.3 is 5.32 Å². The molecule has 1 atom stereocenters. The van der Waals surface area contributed by atoms with Crippen molar-refractivity contribution in [2.24, 2.45) is 5.10 Å². The topological polar surface area (TPSA) is 68.5 Å². The van der Waals surface area contributed by atoms with E-state index in [1.165, 1.54) is 5.01 Å². The summed E-state index contributed by atoms with van der Waals surface area (Å²) >= 11 is 14.2. The summed E-state index contributed by atoms with van der Waals surface area (Å²) in [6.07, 6.45) is 3.59. The molecule has 8 heteroatoms. The minimum atomic E-state index is -0.537. The van der Waals surface area contributed by atoms with Crippen LogP contribution < -0.4 is 10.3 Å². The highest BCUT2D eigenvalue weighted by molar-refractivity contribution is 7.97. The molecule has 0 aromatic heterocycles. The van der Waals surface area contributed by atoms with Crippen LogP contribution in [-0.4, -0.2) is 25.0 Å². The number of hydrogen-bond acceptors (Lipinski definition) is 4. The molecule has 3 rings (SSSR count). The molecule has 0 aliphatic carbocycles. The van der Waals surface area contributed by atoms with Gasteiger partial charge in [-0.2, -0.15) is 27.1 Å². The van der Waals surface area contributed by atoms with Crippen LogP contribution in [0, 0.1) is 11.3 Å². The first-order valence-corrected chi connectivity index (χ1v) is 10.3. The van der Waals surface area contributed by atoms with Gasteiger partial charge in [-0.15, -0.1) is 0 Å². The molecule has 2 aromatic rings. The maximum atomic E-state index is 12.1. The van der Waals surface area contributed by atoms with E-state index in [0.29, 0.717) is 28.0 Å². The molecule has 0 radical (unpaired) electrons. The third-order valence-corrected chi connectivity index (χ3v) is 5.26. The van der Waals surface area contributed by atoms with Crippen molar-refractivity contribution in [2.75, 3.05) is 17.8 Å². The van der Waals surface area contributed by atoms with Gasteiger partial charge in [-0.25, -0.2) is 4.79 Å². The zero-order valence-corrected chi connectivity index (χ0v) is 16.8. The van der Waals surface area contributed by atoms with E-state index in [4.69, 9.17) is 23.2 Å². The Labute approximate surface area is 171 Å². The number of nitrogens with one attached hydrogen (secondary N) is 1. The summed E-state index contributed by atoms with van der Waals surface area (Å²) < 4.78 is 0. The Balaban J connectivity index is 2.10. The van der Waals surface area contributed by atoms with Gasteiger partial charge in [0.1, 0.15) is 0 Å². The molecule has 27 heavy (non-hydrogen) atoms. The average molecular weight is 419 g/mol. The molecule has 0 fully saturated rings. The number of carbonyl (C=O) groups excluding carboxylic acids is 1. The van der Waals surface area contributed by atoms with E-state index in [0.717, 1.165) is 16.7 Å². The summed E-state index contributed by atoms with van der Waals surface area (Å²) in [6, 6.07) is 12.7. The fraction of sp³-hybridized carbons (Fsp3) is 0.211. The first-order valence-electron chi connectivity index (χ1n) is 8.12. The molecule has 1 unspecified atom stereocenters. The SMILES string of the molecule is CSCc1cc(N2N=CCNC2=O)cc(Cl)c1C(C#N)c1ccc(Cl)cc1. The number of carbonyl (C=O) groups is 1. The molecule has 1 heterocycles. The second kappa shape index (κ2) is 8.66. The summed E-state index contributed by atoms with van der Waals surface area (Å²) in [5.41, 5.74) is 3.00. The van der Waals surface area contributed by atoms with Crippen LogP contribution >= 0.6 is 35.0 Å². The molecule has 2 aromatic carbocycles. The van der Waals surface area contributed by atoms with Gasteiger partial charge in [0, 0.05) is 22.0 Å². The van der Waals surface area contributed by atoms with E-state index in [9.17, 15) is 10.1 Å². The lowest BCUT2D eigenvalue weighted by molar-refractivity contribution is 0.247. The number of hydrogen-bond donors (Lipinski definition) is 1. The number of rotatable bonds is 5. The predicted molar refractivity (Wildman–Crippen MR) is 112 cm³/mol. The Hall–Kier alpha value is -2.20. The van der Waals surface area contributed by atoms with Gasteiger partial charge in [0.15, 0.2) is 0 Å². The minimum Gasteiger partial charge on any atom is -0.331 e. The highest BCUT2D eigenvalue weighted by Gasteiger charge is 2.24. The number of urea groups is 1. The van der Waals surface area contributed by atoms with Gasteiger partial charge >= 0.3 is 6.03 Å². The van der Waals surface area contributed by atoms with Crippen molar-refractivity contribution < 1.29 is 4.79 Å². The first kappa shape index (κ1) is 19.6. The quantitative estimate of drug-likeness (QED) is 0.739. The maximum absolute atomic E-state index is 12.1. The Bertz CT molecular complexity index is 925. The number of benzene rings is 2. The molecule has 5 nitrogen and oxygen atoms in total. The molecular weight excluding hydrogens is 403 g/mol. The number of nitriles is 1. The van der Waals surface area contributed by atoms with Crippen molar-refractivity contribution in [3.8, 4) is 6.07 Å². The van der Waals surface area contributed by atoms with E-state index in [-0.39, 0.29) is 6.03 Å². The molecule has 138 valence electrons. The Kier molecular flexibility index (Phi) is 6.27. The summed E-state index contributed by atoms with van der Waals surface area (Å²) in [5, 5.41) is 19.0. The van der Waals surface area contributed by atoms with Crippen LogP contribution in [0.4, 0.5) is 10.5 Å². The highest BCUT2D eigenvalue weighted by atomic mass is 35.5. The lowest BCUT2D eigenvalue weighted by Gasteiger charge is -2.24. The molecule has 0 saturated heterocycles. The predicted octanol–water partition coefficient (Wildman–Crippen LogP) is 5.03. The summed E-state index contributed by atoms with van der Waals surface area (Å²) in [5.74, 6) is 0.109. The number of halogens is 2. The number of thioether (sulfide) groups is 1. The molecule has 1 N–H and O–H groups in total. The van der Waals surface area contributed by atoms with E-state index >= 15 is 0 Å². The van der Waals surface area contributed by atoms with Gasteiger partial charge in [0.25, 0.3) is 0 Å². The summed E-state index contributed by atoms with van der Waals surface area (Å²) in [4.78, 5) is 12.1. The van der Waals surface area contributed by atoms with Crippen molar-refractivity contribution in [1.29, 1.82) is 5.26 Å². The van der Waals surface area contributed by atoms with E-state index in [1.807, 2.05) is 24.5 Å². The zero-order valence-electron chi connectivity index (χ0n) is 14.4. The lowest BCUT2D eigenvalue weighted by atomic mass is 9.89. The van der Waals surface area contributed by atoms with Crippen molar-refractivity contribution >= 4 is 52.9 Å². The zero-order chi connectivity index (χ0) is 19.4. The van der Waals surface area contributed by atoms with Gasteiger partial charge in [-0.05, 0) is 47.2 Å². The van der Waals surface area contributed by atoms with Crippen LogP contribution in [0.3, 0.4) is 0 Å². The van der Waals surface area contributed by atoms with Crippen molar-refractivity contribution in [2.45, 2.75) is 11.7 Å². The van der Waals surface area contributed by atoms with Crippen molar-refractivity contribution in [1.82, 2.24) is 5.32 Å². The van der Waals surface area contributed by atoms with Crippen LogP contribution in [0.5, 0.6) is 0 Å². The molecule has 1 aliphatic rings. The number of anilines is 1. The second-order valence-corrected chi connectivity index (χ2v) is 7.55. The fourth-order valence-electron chi connectivity index (χ4n) is 2.91. The van der Waals surface area contributed by atoms with Gasteiger partial charge in [-0.1, -0.05) is 35.3 Å². The van der Waals surface area contributed by atoms with Crippen LogP contribution in [-0.2, 0) is 5.75 Å². The Morgan fingerprint density at radius 1 is 1.33 bits per heavy atom. The van der Waals surface area contributed by atoms with E-state index in [1.54, 1.807) is 36.2 Å². The van der Waals surface area contributed by atoms with Crippen LogP contribution in [0.15, 0.2) is 41.5 Å². The third kappa shape index (κ3) is 4.22. The number of nitrogens with zero attached hydrogens (tertiary/aromatic N) is 3. The molecule has 2 amide bonds. The molecule has 0 saturated carbocycles. The number of amides is 2. The normalized spacial score (nSPS) is 14.6.